The lowest BCUT2D eigenvalue weighted by Gasteiger charge is -2.10. The molecule has 0 aliphatic rings. The molecule has 0 bridgehead atoms. The molecule has 1 unspecified atom stereocenters. The first-order valence-electron chi connectivity index (χ1n) is 5.69. The van der Waals surface area contributed by atoms with Crippen molar-refractivity contribution >= 4 is 0 Å². The van der Waals surface area contributed by atoms with Crippen molar-refractivity contribution in [2.45, 2.75) is 18.9 Å². The van der Waals surface area contributed by atoms with Gasteiger partial charge in [0.05, 0.1) is 13.2 Å². The van der Waals surface area contributed by atoms with Crippen molar-refractivity contribution in [1.29, 1.82) is 0 Å². The zero-order valence-electron chi connectivity index (χ0n) is 10.4. The van der Waals surface area contributed by atoms with E-state index in [1.807, 2.05) is 13.1 Å². The fourth-order valence-corrected chi connectivity index (χ4v) is 1.71. The fraction of sp³-hybridized carbons (Fsp3) is 0.417. The molecule has 1 atom stereocenters. The number of rotatable bonds is 5. The fourth-order valence-electron chi connectivity index (χ4n) is 1.71. The Kier molecular flexibility index (Phi) is 3.88. The first kappa shape index (κ1) is 12.5. The second-order valence-corrected chi connectivity index (χ2v) is 4.07. The summed E-state index contributed by atoms with van der Waals surface area (Å²) in [5.74, 6) is 1.34. The van der Waals surface area contributed by atoms with E-state index in [-0.39, 0.29) is 0 Å². The minimum Gasteiger partial charge on any atom is -0.481 e. The maximum Gasteiger partial charge on any atom is 0.212 e. The Morgan fingerprint density at radius 3 is 2.72 bits per heavy atom. The van der Waals surface area contributed by atoms with Gasteiger partial charge < -0.3 is 9.84 Å². The molecule has 0 spiro atoms. The summed E-state index contributed by atoms with van der Waals surface area (Å²) in [6.45, 7) is 0. The molecule has 0 amide bonds. The van der Waals surface area contributed by atoms with Crippen LogP contribution in [-0.2, 0) is 19.9 Å². The molecular weight excluding hydrogens is 232 g/mol. The van der Waals surface area contributed by atoms with Gasteiger partial charge in [-0.2, -0.15) is 5.10 Å². The van der Waals surface area contributed by atoms with Crippen molar-refractivity contribution in [3.63, 3.8) is 0 Å². The monoisotopic (exact) mass is 248 g/mol. The van der Waals surface area contributed by atoms with Crippen LogP contribution in [0, 0.1) is 0 Å². The van der Waals surface area contributed by atoms with Crippen LogP contribution in [0.3, 0.4) is 0 Å². The Hall–Kier alpha value is -1.95. The lowest BCUT2D eigenvalue weighted by atomic mass is 10.1. The first-order valence-corrected chi connectivity index (χ1v) is 5.69. The van der Waals surface area contributed by atoms with E-state index in [1.54, 1.807) is 24.1 Å². The molecule has 18 heavy (non-hydrogen) atoms. The Bertz CT molecular complexity index is 495. The van der Waals surface area contributed by atoms with E-state index in [0.717, 1.165) is 11.4 Å². The van der Waals surface area contributed by atoms with Crippen LogP contribution in [0.25, 0.3) is 0 Å². The standard InChI is InChI=1S/C12H16N4O2/c1-16-11(14-8-15-16)6-10(17)5-9-3-4-12(18-2)13-7-9/h3-4,7-8,10,17H,5-6H2,1-2H3. The molecule has 6 heteroatoms. The summed E-state index contributed by atoms with van der Waals surface area (Å²) < 4.78 is 6.64. The molecule has 2 aromatic heterocycles. The smallest absolute Gasteiger partial charge is 0.212 e. The molecule has 0 fully saturated rings. The summed E-state index contributed by atoms with van der Waals surface area (Å²) in [5, 5.41) is 14.0. The third-order valence-corrected chi connectivity index (χ3v) is 2.70. The number of hydrogen-bond donors (Lipinski definition) is 1. The molecule has 2 rings (SSSR count). The summed E-state index contributed by atoms with van der Waals surface area (Å²) in [6, 6.07) is 3.68. The van der Waals surface area contributed by atoms with Gasteiger partial charge in [0.25, 0.3) is 0 Å². The Morgan fingerprint density at radius 2 is 2.17 bits per heavy atom. The highest BCUT2D eigenvalue weighted by Gasteiger charge is 2.10. The van der Waals surface area contributed by atoms with E-state index >= 15 is 0 Å². The number of aryl methyl sites for hydroxylation is 1. The van der Waals surface area contributed by atoms with Crippen molar-refractivity contribution in [2.24, 2.45) is 7.05 Å². The molecule has 0 aliphatic carbocycles. The van der Waals surface area contributed by atoms with Gasteiger partial charge in [-0.25, -0.2) is 9.97 Å². The van der Waals surface area contributed by atoms with E-state index in [1.165, 1.54) is 6.33 Å². The number of aromatic nitrogens is 4. The molecule has 96 valence electrons. The number of ether oxygens (including phenoxy) is 1. The molecule has 0 saturated carbocycles. The molecule has 2 aromatic rings. The topological polar surface area (TPSA) is 73.1 Å². The van der Waals surface area contributed by atoms with Gasteiger partial charge in [-0.05, 0) is 5.56 Å². The van der Waals surface area contributed by atoms with Crippen LogP contribution in [-0.4, -0.2) is 38.1 Å². The van der Waals surface area contributed by atoms with Crippen LogP contribution >= 0.6 is 0 Å². The zero-order valence-corrected chi connectivity index (χ0v) is 10.4. The minimum atomic E-state index is -0.497. The summed E-state index contributed by atoms with van der Waals surface area (Å²) in [4.78, 5) is 8.18. The number of pyridine rings is 1. The van der Waals surface area contributed by atoms with Crippen molar-refractivity contribution in [2.75, 3.05) is 7.11 Å². The van der Waals surface area contributed by atoms with Crippen LogP contribution in [0.15, 0.2) is 24.7 Å². The Morgan fingerprint density at radius 1 is 1.33 bits per heavy atom. The molecule has 2 heterocycles. The Labute approximate surface area is 105 Å². The molecule has 6 nitrogen and oxygen atoms in total. The first-order chi connectivity index (χ1) is 8.69. The average Bonchev–Trinajstić information content (AvgIpc) is 2.76. The molecular formula is C12H16N4O2. The summed E-state index contributed by atoms with van der Waals surface area (Å²) in [7, 11) is 3.38. The largest absolute Gasteiger partial charge is 0.481 e. The van der Waals surface area contributed by atoms with Crippen LogP contribution < -0.4 is 4.74 Å². The second-order valence-electron chi connectivity index (χ2n) is 4.07. The third-order valence-electron chi connectivity index (χ3n) is 2.70. The Balaban J connectivity index is 1.94. The predicted octanol–water partition coefficient (Wildman–Crippen LogP) is 0.365. The number of aliphatic hydroxyl groups is 1. The SMILES string of the molecule is COc1ccc(CC(O)Cc2ncnn2C)cn1. The van der Waals surface area contributed by atoms with E-state index in [9.17, 15) is 5.11 Å². The summed E-state index contributed by atoms with van der Waals surface area (Å²) in [5.41, 5.74) is 0.963. The number of hydrogen-bond acceptors (Lipinski definition) is 5. The number of nitrogens with zero attached hydrogens (tertiary/aromatic N) is 4. The van der Waals surface area contributed by atoms with Gasteiger partial charge in [-0.3, -0.25) is 4.68 Å². The van der Waals surface area contributed by atoms with Gasteiger partial charge in [-0.1, -0.05) is 6.07 Å². The predicted molar refractivity (Wildman–Crippen MR) is 65.2 cm³/mol. The third kappa shape index (κ3) is 3.04. The summed E-state index contributed by atoms with van der Waals surface area (Å²) in [6.07, 6.45) is 3.70. The minimum absolute atomic E-state index is 0.475. The van der Waals surface area contributed by atoms with E-state index in [2.05, 4.69) is 15.1 Å². The molecule has 0 saturated heterocycles. The van der Waals surface area contributed by atoms with Crippen LogP contribution in [0.4, 0.5) is 0 Å². The molecule has 0 aromatic carbocycles. The highest BCUT2D eigenvalue weighted by Crippen LogP contribution is 2.10. The highest BCUT2D eigenvalue weighted by molar-refractivity contribution is 5.18. The van der Waals surface area contributed by atoms with Gasteiger partial charge in [0.15, 0.2) is 0 Å². The van der Waals surface area contributed by atoms with E-state index in [0.29, 0.717) is 18.7 Å². The van der Waals surface area contributed by atoms with Gasteiger partial charge in [-0.15, -0.1) is 0 Å². The van der Waals surface area contributed by atoms with Gasteiger partial charge in [0.2, 0.25) is 5.88 Å². The number of aliphatic hydroxyl groups excluding tert-OH is 1. The maximum absolute atomic E-state index is 9.99. The van der Waals surface area contributed by atoms with E-state index in [4.69, 9.17) is 4.74 Å². The molecule has 0 radical (unpaired) electrons. The lowest BCUT2D eigenvalue weighted by Crippen LogP contribution is -2.17. The molecule has 0 aliphatic heterocycles. The highest BCUT2D eigenvalue weighted by atomic mass is 16.5. The van der Waals surface area contributed by atoms with Crippen LogP contribution in [0.2, 0.25) is 0 Å². The van der Waals surface area contributed by atoms with Gasteiger partial charge in [0.1, 0.15) is 12.2 Å². The van der Waals surface area contributed by atoms with Crippen molar-refractivity contribution in [3.8, 4) is 5.88 Å². The van der Waals surface area contributed by atoms with Crippen molar-refractivity contribution in [1.82, 2.24) is 19.7 Å². The molecule has 1 N–H and O–H groups in total. The van der Waals surface area contributed by atoms with Crippen LogP contribution in [0.5, 0.6) is 5.88 Å². The van der Waals surface area contributed by atoms with Gasteiger partial charge >= 0.3 is 0 Å². The zero-order chi connectivity index (χ0) is 13.0. The summed E-state index contributed by atoms with van der Waals surface area (Å²) >= 11 is 0. The van der Waals surface area contributed by atoms with Gasteiger partial charge in [0, 0.05) is 32.2 Å². The number of methoxy groups -OCH3 is 1. The maximum atomic E-state index is 9.99. The van der Waals surface area contributed by atoms with Crippen molar-refractivity contribution in [3.05, 3.63) is 36.0 Å². The quantitative estimate of drug-likeness (QED) is 0.827. The lowest BCUT2D eigenvalue weighted by molar-refractivity contribution is 0.171. The van der Waals surface area contributed by atoms with Crippen molar-refractivity contribution < 1.29 is 9.84 Å². The second kappa shape index (κ2) is 5.59. The van der Waals surface area contributed by atoms with E-state index < -0.39 is 6.10 Å². The normalized spacial score (nSPS) is 12.4. The average molecular weight is 248 g/mol. The van der Waals surface area contributed by atoms with Crippen LogP contribution in [0.1, 0.15) is 11.4 Å².